The SMILES string of the molecule is COC(=O)[C@H]1CCCN(Cc2nnc(C)n2C)C1. The Labute approximate surface area is 107 Å². The van der Waals surface area contributed by atoms with Gasteiger partial charge < -0.3 is 9.30 Å². The Bertz CT molecular complexity index is 430. The predicted molar refractivity (Wildman–Crippen MR) is 65.8 cm³/mol. The number of esters is 1. The number of rotatable bonds is 3. The van der Waals surface area contributed by atoms with Gasteiger partial charge in [-0.15, -0.1) is 10.2 Å². The van der Waals surface area contributed by atoms with Crippen molar-refractivity contribution in [2.75, 3.05) is 20.2 Å². The van der Waals surface area contributed by atoms with Gasteiger partial charge in [-0.25, -0.2) is 0 Å². The minimum atomic E-state index is -0.103. The van der Waals surface area contributed by atoms with Crippen LogP contribution >= 0.6 is 0 Å². The van der Waals surface area contributed by atoms with Crippen LogP contribution in [0.1, 0.15) is 24.5 Å². The third-order valence-corrected chi connectivity index (χ3v) is 3.59. The van der Waals surface area contributed by atoms with E-state index in [0.29, 0.717) is 0 Å². The molecule has 1 aromatic rings. The first-order chi connectivity index (χ1) is 8.61. The first kappa shape index (κ1) is 13.0. The lowest BCUT2D eigenvalue weighted by Crippen LogP contribution is -2.39. The smallest absolute Gasteiger partial charge is 0.309 e. The highest BCUT2D eigenvalue weighted by atomic mass is 16.5. The maximum atomic E-state index is 11.6. The summed E-state index contributed by atoms with van der Waals surface area (Å²) in [6.07, 6.45) is 1.94. The van der Waals surface area contributed by atoms with E-state index in [1.165, 1.54) is 7.11 Å². The fourth-order valence-corrected chi connectivity index (χ4v) is 2.35. The molecule has 1 saturated heterocycles. The van der Waals surface area contributed by atoms with Crippen molar-refractivity contribution >= 4 is 5.97 Å². The summed E-state index contributed by atoms with van der Waals surface area (Å²) in [6.45, 7) is 4.42. The molecule has 0 bridgehead atoms. The zero-order chi connectivity index (χ0) is 13.1. The molecule has 0 radical (unpaired) electrons. The maximum absolute atomic E-state index is 11.6. The second-order valence-corrected chi connectivity index (χ2v) is 4.82. The molecule has 0 aliphatic carbocycles. The fraction of sp³-hybridized carbons (Fsp3) is 0.750. The van der Waals surface area contributed by atoms with Gasteiger partial charge >= 0.3 is 5.97 Å². The van der Waals surface area contributed by atoms with Crippen LogP contribution in [0, 0.1) is 12.8 Å². The average Bonchev–Trinajstić information content (AvgIpc) is 2.70. The Morgan fingerprint density at radius 2 is 2.28 bits per heavy atom. The van der Waals surface area contributed by atoms with Gasteiger partial charge in [-0.1, -0.05) is 0 Å². The molecule has 6 nitrogen and oxygen atoms in total. The number of nitrogens with zero attached hydrogens (tertiary/aromatic N) is 4. The molecule has 0 N–H and O–H groups in total. The summed E-state index contributed by atoms with van der Waals surface area (Å²) in [6, 6.07) is 0. The summed E-state index contributed by atoms with van der Waals surface area (Å²) in [7, 11) is 3.42. The largest absolute Gasteiger partial charge is 0.469 e. The zero-order valence-electron chi connectivity index (χ0n) is 11.2. The van der Waals surface area contributed by atoms with Crippen molar-refractivity contribution in [1.29, 1.82) is 0 Å². The van der Waals surface area contributed by atoms with Crippen LogP contribution < -0.4 is 0 Å². The van der Waals surface area contributed by atoms with Crippen LogP contribution in [0.4, 0.5) is 0 Å². The van der Waals surface area contributed by atoms with Gasteiger partial charge in [0.15, 0.2) is 0 Å². The van der Waals surface area contributed by atoms with Crippen molar-refractivity contribution in [3.8, 4) is 0 Å². The van der Waals surface area contributed by atoms with Crippen LogP contribution in [0.3, 0.4) is 0 Å². The van der Waals surface area contributed by atoms with E-state index in [2.05, 4.69) is 15.1 Å². The fourth-order valence-electron chi connectivity index (χ4n) is 2.35. The Morgan fingerprint density at radius 1 is 1.50 bits per heavy atom. The molecule has 18 heavy (non-hydrogen) atoms. The molecular formula is C12H20N4O2. The van der Waals surface area contributed by atoms with Gasteiger partial charge in [-0.3, -0.25) is 9.69 Å². The molecule has 0 aromatic carbocycles. The Balaban J connectivity index is 1.97. The number of methoxy groups -OCH3 is 1. The lowest BCUT2D eigenvalue weighted by molar-refractivity contribution is -0.147. The van der Waals surface area contributed by atoms with E-state index in [9.17, 15) is 4.79 Å². The van der Waals surface area contributed by atoms with Crippen LogP contribution in [0.2, 0.25) is 0 Å². The molecule has 1 aromatic heterocycles. The monoisotopic (exact) mass is 252 g/mol. The molecule has 0 spiro atoms. The third-order valence-electron chi connectivity index (χ3n) is 3.59. The van der Waals surface area contributed by atoms with E-state index in [1.807, 2.05) is 18.5 Å². The van der Waals surface area contributed by atoms with Crippen molar-refractivity contribution in [3.63, 3.8) is 0 Å². The molecule has 2 rings (SSSR count). The van der Waals surface area contributed by atoms with Crippen LogP contribution in [-0.4, -0.2) is 45.8 Å². The minimum Gasteiger partial charge on any atom is -0.469 e. The standard InChI is InChI=1S/C12H20N4O2/c1-9-13-14-11(15(9)2)8-16-6-4-5-10(7-16)12(17)18-3/h10H,4-8H2,1-3H3/t10-/m0/s1. The molecule has 2 heterocycles. The van der Waals surface area contributed by atoms with Gasteiger partial charge in [0.1, 0.15) is 11.6 Å². The number of carbonyl (C=O) groups is 1. The molecular weight excluding hydrogens is 232 g/mol. The third kappa shape index (κ3) is 2.69. The molecule has 0 amide bonds. The lowest BCUT2D eigenvalue weighted by Gasteiger charge is -2.30. The van der Waals surface area contributed by atoms with Gasteiger partial charge in [0.05, 0.1) is 19.6 Å². The normalized spacial score (nSPS) is 20.9. The van der Waals surface area contributed by atoms with Gasteiger partial charge in [0, 0.05) is 13.6 Å². The van der Waals surface area contributed by atoms with Crippen LogP contribution in [0.25, 0.3) is 0 Å². The number of aryl methyl sites for hydroxylation is 1. The van der Waals surface area contributed by atoms with Crippen molar-refractivity contribution in [2.24, 2.45) is 13.0 Å². The highest BCUT2D eigenvalue weighted by Crippen LogP contribution is 2.19. The molecule has 1 aliphatic rings. The first-order valence-electron chi connectivity index (χ1n) is 6.27. The number of carbonyl (C=O) groups excluding carboxylic acids is 1. The van der Waals surface area contributed by atoms with Crippen molar-refractivity contribution in [1.82, 2.24) is 19.7 Å². The van der Waals surface area contributed by atoms with E-state index >= 15 is 0 Å². The minimum absolute atomic E-state index is 0.00178. The van der Waals surface area contributed by atoms with E-state index < -0.39 is 0 Å². The maximum Gasteiger partial charge on any atom is 0.309 e. The summed E-state index contributed by atoms with van der Waals surface area (Å²) in [4.78, 5) is 13.8. The van der Waals surface area contributed by atoms with Crippen LogP contribution in [-0.2, 0) is 23.1 Å². The van der Waals surface area contributed by atoms with Crippen molar-refractivity contribution < 1.29 is 9.53 Å². The highest BCUT2D eigenvalue weighted by Gasteiger charge is 2.27. The van der Waals surface area contributed by atoms with Gasteiger partial charge in [0.25, 0.3) is 0 Å². The second kappa shape index (κ2) is 5.48. The Morgan fingerprint density at radius 3 is 2.89 bits per heavy atom. The summed E-state index contributed by atoms with van der Waals surface area (Å²) in [5, 5.41) is 8.20. The first-order valence-corrected chi connectivity index (χ1v) is 6.27. The molecule has 100 valence electrons. The van der Waals surface area contributed by atoms with Gasteiger partial charge in [-0.2, -0.15) is 0 Å². The Kier molecular flexibility index (Phi) is 3.96. The van der Waals surface area contributed by atoms with E-state index in [0.717, 1.165) is 44.1 Å². The predicted octanol–water partition coefficient (Wildman–Crippen LogP) is 0.509. The number of ether oxygens (including phenoxy) is 1. The molecule has 0 unspecified atom stereocenters. The number of hydrogen-bond donors (Lipinski definition) is 0. The van der Waals surface area contributed by atoms with Crippen molar-refractivity contribution in [2.45, 2.75) is 26.3 Å². The molecule has 1 aliphatic heterocycles. The van der Waals surface area contributed by atoms with Crippen LogP contribution in [0.15, 0.2) is 0 Å². The summed E-state index contributed by atoms with van der Waals surface area (Å²) in [5.41, 5.74) is 0. The molecule has 6 heteroatoms. The number of aromatic nitrogens is 3. The topological polar surface area (TPSA) is 60.2 Å². The van der Waals surface area contributed by atoms with Gasteiger partial charge in [-0.05, 0) is 26.3 Å². The Hall–Kier alpha value is -1.43. The average molecular weight is 252 g/mol. The number of likely N-dealkylation sites (tertiary alicyclic amines) is 1. The van der Waals surface area contributed by atoms with Gasteiger partial charge in [0.2, 0.25) is 0 Å². The summed E-state index contributed by atoms with van der Waals surface area (Å²) >= 11 is 0. The van der Waals surface area contributed by atoms with Crippen molar-refractivity contribution in [3.05, 3.63) is 11.6 Å². The molecule has 0 saturated carbocycles. The second-order valence-electron chi connectivity index (χ2n) is 4.82. The quantitative estimate of drug-likeness (QED) is 0.733. The summed E-state index contributed by atoms with van der Waals surface area (Å²) in [5.74, 6) is 1.75. The molecule has 1 atom stereocenters. The summed E-state index contributed by atoms with van der Waals surface area (Å²) < 4.78 is 6.81. The van der Waals surface area contributed by atoms with E-state index in [4.69, 9.17) is 4.74 Å². The molecule has 1 fully saturated rings. The zero-order valence-corrected chi connectivity index (χ0v) is 11.2. The van der Waals surface area contributed by atoms with E-state index in [-0.39, 0.29) is 11.9 Å². The number of hydrogen-bond acceptors (Lipinski definition) is 5. The van der Waals surface area contributed by atoms with E-state index in [1.54, 1.807) is 0 Å². The highest BCUT2D eigenvalue weighted by molar-refractivity contribution is 5.72. The van der Waals surface area contributed by atoms with Crippen LogP contribution in [0.5, 0.6) is 0 Å². The number of piperidine rings is 1. The lowest BCUT2D eigenvalue weighted by atomic mass is 9.98.